The summed E-state index contributed by atoms with van der Waals surface area (Å²) in [6.07, 6.45) is 2.55. The molecular weight excluding hydrogens is 200 g/mol. The van der Waals surface area contributed by atoms with Gasteiger partial charge in [0.1, 0.15) is 5.82 Å². The summed E-state index contributed by atoms with van der Waals surface area (Å²) < 4.78 is 0. The number of benzene rings is 1. The van der Waals surface area contributed by atoms with Crippen LogP contribution in [0.15, 0.2) is 30.5 Å². The molecular formula is C13H12N2O. The molecule has 80 valence electrons. The first-order valence-electron chi connectivity index (χ1n) is 5.49. The smallest absolute Gasteiger partial charge is 0.233 e. The molecule has 3 nitrogen and oxygen atoms in total. The first-order chi connectivity index (χ1) is 7.81. The van der Waals surface area contributed by atoms with E-state index in [2.05, 4.69) is 10.3 Å². The Morgan fingerprint density at radius 3 is 3.06 bits per heavy atom. The lowest BCUT2D eigenvalue weighted by Gasteiger charge is -2.23. The summed E-state index contributed by atoms with van der Waals surface area (Å²) in [4.78, 5) is 16.1. The molecule has 1 aromatic carbocycles. The number of nitrogens with one attached hydrogen (secondary N) is 1. The Morgan fingerprint density at radius 2 is 2.25 bits per heavy atom. The molecule has 1 amide bonds. The Morgan fingerprint density at radius 1 is 1.38 bits per heavy atom. The standard InChI is InChI=1S/C13H12N2O/c1-2-9-10-5-3-4-8-6-7-14-12(11(8)10)15-13(9)16/h3-7,9H,2H2,1H3,(H,14,15,16). The van der Waals surface area contributed by atoms with Crippen LogP contribution in [0.4, 0.5) is 5.82 Å². The summed E-state index contributed by atoms with van der Waals surface area (Å²) in [5.41, 5.74) is 1.10. The van der Waals surface area contributed by atoms with Crippen LogP contribution in [0.2, 0.25) is 0 Å². The average Bonchev–Trinajstić information content (AvgIpc) is 2.30. The van der Waals surface area contributed by atoms with Gasteiger partial charge in [0.2, 0.25) is 5.91 Å². The predicted octanol–water partition coefficient (Wildman–Crippen LogP) is 2.68. The van der Waals surface area contributed by atoms with Crippen molar-refractivity contribution in [3.05, 3.63) is 36.0 Å². The molecule has 1 aliphatic heterocycles. The Bertz CT molecular complexity index is 572. The molecule has 0 fully saturated rings. The highest BCUT2D eigenvalue weighted by Gasteiger charge is 2.27. The van der Waals surface area contributed by atoms with Crippen molar-refractivity contribution in [3.63, 3.8) is 0 Å². The lowest BCUT2D eigenvalue weighted by molar-refractivity contribution is -0.117. The summed E-state index contributed by atoms with van der Waals surface area (Å²) in [5, 5.41) is 5.11. The van der Waals surface area contributed by atoms with Crippen LogP contribution in [0.5, 0.6) is 0 Å². The number of carbonyl (C=O) groups is 1. The lowest BCUT2D eigenvalue weighted by atomic mass is 9.89. The maximum absolute atomic E-state index is 11.9. The van der Waals surface area contributed by atoms with Gasteiger partial charge in [-0.25, -0.2) is 4.98 Å². The van der Waals surface area contributed by atoms with Crippen molar-refractivity contribution in [3.8, 4) is 0 Å². The second-order valence-electron chi connectivity index (χ2n) is 4.05. The normalized spacial score (nSPS) is 18.6. The minimum Gasteiger partial charge on any atom is -0.310 e. The number of rotatable bonds is 1. The van der Waals surface area contributed by atoms with E-state index in [1.807, 2.05) is 31.2 Å². The predicted molar refractivity (Wildman–Crippen MR) is 63.4 cm³/mol. The molecule has 1 aromatic heterocycles. The highest BCUT2D eigenvalue weighted by atomic mass is 16.2. The molecule has 1 atom stereocenters. The fraction of sp³-hybridized carbons (Fsp3) is 0.231. The Kier molecular flexibility index (Phi) is 1.93. The van der Waals surface area contributed by atoms with Crippen LogP contribution in [-0.4, -0.2) is 10.9 Å². The van der Waals surface area contributed by atoms with Crippen LogP contribution in [0, 0.1) is 0 Å². The van der Waals surface area contributed by atoms with Crippen LogP contribution >= 0.6 is 0 Å². The number of carbonyl (C=O) groups excluding carboxylic acids is 1. The van der Waals surface area contributed by atoms with Gasteiger partial charge >= 0.3 is 0 Å². The molecule has 0 saturated heterocycles. The second-order valence-corrected chi connectivity index (χ2v) is 4.05. The van der Waals surface area contributed by atoms with Crippen molar-refractivity contribution in [2.75, 3.05) is 5.32 Å². The zero-order chi connectivity index (χ0) is 11.1. The Balaban J connectivity index is 2.39. The summed E-state index contributed by atoms with van der Waals surface area (Å²) in [6, 6.07) is 8.06. The maximum atomic E-state index is 11.9. The molecule has 3 rings (SSSR count). The van der Waals surface area contributed by atoms with Crippen LogP contribution in [0.3, 0.4) is 0 Å². The van der Waals surface area contributed by atoms with Gasteiger partial charge in [0.15, 0.2) is 0 Å². The van der Waals surface area contributed by atoms with E-state index in [4.69, 9.17) is 0 Å². The van der Waals surface area contributed by atoms with E-state index in [1.165, 1.54) is 0 Å². The van der Waals surface area contributed by atoms with E-state index in [0.29, 0.717) is 5.82 Å². The quantitative estimate of drug-likeness (QED) is 0.789. The number of hydrogen-bond acceptors (Lipinski definition) is 2. The maximum Gasteiger partial charge on any atom is 0.233 e. The molecule has 1 aliphatic rings. The van der Waals surface area contributed by atoms with Gasteiger partial charge in [0, 0.05) is 11.6 Å². The molecule has 0 aliphatic carbocycles. The first-order valence-corrected chi connectivity index (χ1v) is 5.49. The van der Waals surface area contributed by atoms with Crippen molar-refractivity contribution < 1.29 is 4.79 Å². The van der Waals surface area contributed by atoms with E-state index in [0.717, 1.165) is 22.8 Å². The van der Waals surface area contributed by atoms with Crippen molar-refractivity contribution in [2.24, 2.45) is 0 Å². The van der Waals surface area contributed by atoms with Crippen LogP contribution in [-0.2, 0) is 4.79 Å². The minimum atomic E-state index is -0.0413. The van der Waals surface area contributed by atoms with Gasteiger partial charge in [-0.05, 0) is 23.4 Å². The molecule has 0 bridgehead atoms. The summed E-state index contributed by atoms with van der Waals surface area (Å²) >= 11 is 0. The van der Waals surface area contributed by atoms with E-state index >= 15 is 0 Å². The fourth-order valence-corrected chi connectivity index (χ4v) is 2.39. The molecule has 1 unspecified atom stereocenters. The van der Waals surface area contributed by atoms with E-state index in [-0.39, 0.29) is 11.8 Å². The SMILES string of the molecule is CCC1C(=O)Nc2nccc3cccc1c23. The van der Waals surface area contributed by atoms with Crippen LogP contribution in [0.25, 0.3) is 10.8 Å². The zero-order valence-corrected chi connectivity index (χ0v) is 9.03. The second kappa shape index (κ2) is 3.30. The molecule has 2 aromatic rings. The minimum absolute atomic E-state index is 0.0413. The van der Waals surface area contributed by atoms with Gasteiger partial charge in [-0.1, -0.05) is 25.1 Å². The third-order valence-corrected chi connectivity index (χ3v) is 3.17. The van der Waals surface area contributed by atoms with E-state index in [1.54, 1.807) is 6.20 Å². The summed E-state index contributed by atoms with van der Waals surface area (Å²) in [6.45, 7) is 2.03. The number of amides is 1. The van der Waals surface area contributed by atoms with Gasteiger partial charge in [-0.2, -0.15) is 0 Å². The Labute approximate surface area is 93.5 Å². The van der Waals surface area contributed by atoms with Crippen LogP contribution < -0.4 is 5.32 Å². The lowest BCUT2D eigenvalue weighted by Crippen LogP contribution is -2.25. The largest absolute Gasteiger partial charge is 0.310 e. The number of hydrogen-bond donors (Lipinski definition) is 1. The number of aromatic nitrogens is 1. The third kappa shape index (κ3) is 1.14. The van der Waals surface area contributed by atoms with E-state index < -0.39 is 0 Å². The molecule has 0 spiro atoms. The molecule has 16 heavy (non-hydrogen) atoms. The fourth-order valence-electron chi connectivity index (χ4n) is 2.39. The summed E-state index contributed by atoms with van der Waals surface area (Å²) in [7, 11) is 0. The van der Waals surface area contributed by atoms with Gasteiger partial charge in [-0.15, -0.1) is 0 Å². The van der Waals surface area contributed by atoms with Crippen molar-refractivity contribution in [1.29, 1.82) is 0 Å². The molecule has 1 N–H and O–H groups in total. The Hall–Kier alpha value is -1.90. The zero-order valence-electron chi connectivity index (χ0n) is 9.03. The number of anilines is 1. The van der Waals surface area contributed by atoms with Crippen molar-refractivity contribution >= 4 is 22.5 Å². The third-order valence-electron chi connectivity index (χ3n) is 3.17. The van der Waals surface area contributed by atoms with Gasteiger partial charge in [0.05, 0.1) is 5.92 Å². The van der Waals surface area contributed by atoms with Gasteiger partial charge in [-0.3, -0.25) is 4.79 Å². The first kappa shape index (κ1) is 9.33. The number of pyridine rings is 1. The summed E-state index contributed by atoms with van der Waals surface area (Å²) in [5.74, 6) is 0.712. The molecule has 2 heterocycles. The van der Waals surface area contributed by atoms with Crippen molar-refractivity contribution in [1.82, 2.24) is 4.98 Å². The molecule has 0 saturated carbocycles. The number of nitrogens with zero attached hydrogens (tertiary/aromatic N) is 1. The van der Waals surface area contributed by atoms with E-state index in [9.17, 15) is 4.79 Å². The van der Waals surface area contributed by atoms with Gasteiger partial charge < -0.3 is 5.32 Å². The molecule has 3 heteroatoms. The highest BCUT2D eigenvalue weighted by Crippen LogP contribution is 2.36. The molecule has 0 radical (unpaired) electrons. The monoisotopic (exact) mass is 212 g/mol. The highest BCUT2D eigenvalue weighted by molar-refractivity contribution is 6.10. The van der Waals surface area contributed by atoms with Crippen LogP contribution in [0.1, 0.15) is 24.8 Å². The van der Waals surface area contributed by atoms with Crippen molar-refractivity contribution in [2.45, 2.75) is 19.3 Å². The topological polar surface area (TPSA) is 42.0 Å². The average molecular weight is 212 g/mol. The van der Waals surface area contributed by atoms with Gasteiger partial charge in [0.25, 0.3) is 0 Å².